The molecule has 4 aliphatic carbocycles. The van der Waals surface area contributed by atoms with Gasteiger partial charge in [0.25, 0.3) is 0 Å². The van der Waals surface area contributed by atoms with E-state index in [0.717, 1.165) is 30.1 Å². The van der Waals surface area contributed by atoms with E-state index in [9.17, 15) is 4.79 Å². The Morgan fingerprint density at radius 1 is 0.870 bits per heavy atom. The molecule has 1 heteroatoms. The lowest BCUT2D eigenvalue weighted by Gasteiger charge is -2.60. The molecule has 0 aliphatic heterocycles. The quantitative estimate of drug-likeness (QED) is 0.534. The fraction of sp³-hybridized carbons (Fsp3) is 0.955. The molecule has 0 bridgehead atoms. The van der Waals surface area contributed by atoms with Crippen LogP contribution in [-0.4, -0.2) is 5.78 Å². The highest BCUT2D eigenvalue weighted by molar-refractivity contribution is 5.85. The van der Waals surface area contributed by atoms with Gasteiger partial charge in [-0.25, -0.2) is 0 Å². The van der Waals surface area contributed by atoms with E-state index in [2.05, 4.69) is 20.8 Å². The summed E-state index contributed by atoms with van der Waals surface area (Å²) in [6, 6.07) is 0. The normalized spacial score (nSPS) is 53.7. The summed E-state index contributed by atoms with van der Waals surface area (Å²) in [7, 11) is 0. The summed E-state index contributed by atoms with van der Waals surface area (Å²) in [6.07, 6.45) is 14.6. The summed E-state index contributed by atoms with van der Waals surface area (Å²) >= 11 is 0. The van der Waals surface area contributed by atoms with Crippen LogP contribution in [0.1, 0.15) is 91.4 Å². The Bertz CT molecular complexity index is 482. The van der Waals surface area contributed by atoms with E-state index in [1.165, 1.54) is 64.2 Å². The maximum absolute atomic E-state index is 12.7. The van der Waals surface area contributed by atoms with Gasteiger partial charge in [-0.2, -0.15) is 0 Å². The summed E-state index contributed by atoms with van der Waals surface area (Å²) < 4.78 is 0. The summed E-state index contributed by atoms with van der Waals surface area (Å²) in [6.45, 7) is 7.45. The lowest BCUT2D eigenvalue weighted by molar-refractivity contribution is -0.152. The highest BCUT2D eigenvalue weighted by Crippen LogP contribution is 2.64. The molecule has 7 unspecified atom stereocenters. The van der Waals surface area contributed by atoms with Gasteiger partial charge in [0.15, 0.2) is 0 Å². The van der Waals surface area contributed by atoms with Crippen molar-refractivity contribution < 1.29 is 4.79 Å². The van der Waals surface area contributed by atoms with Crippen LogP contribution < -0.4 is 0 Å². The van der Waals surface area contributed by atoms with E-state index < -0.39 is 0 Å². The van der Waals surface area contributed by atoms with E-state index in [1.54, 1.807) is 0 Å². The first kappa shape index (κ1) is 16.2. The Hall–Kier alpha value is -0.330. The number of Topliss-reactive ketones (excluding diaryl/α,β-unsaturated/α-hetero) is 1. The number of carbonyl (C=O) groups excluding carboxylic acids is 1. The zero-order valence-corrected chi connectivity index (χ0v) is 15.6. The first-order chi connectivity index (χ1) is 10.9. The van der Waals surface area contributed by atoms with Crippen molar-refractivity contribution in [3.8, 4) is 0 Å². The molecule has 23 heavy (non-hydrogen) atoms. The first-order valence-electron chi connectivity index (χ1n) is 10.5. The van der Waals surface area contributed by atoms with Crippen LogP contribution in [0.3, 0.4) is 0 Å². The van der Waals surface area contributed by atoms with Crippen LogP contribution in [0.25, 0.3) is 0 Å². The number of carbonyl (C=O) groups is 1. The molecule has 130 valence electrons. The van der Waals surface area contributed by atoms with Crippen molar-refractivity contribution >= 4 is 5.78 Å². The average Bonchev–Trinajstić information content (AvgIpc) is 2.68. The second-order valence-corrected chi connectivity index (χ2v) is 10.1. The molecule has 4 rings (SSSR count). The molecule has 0 aromatic rings. The van der Waals surface area contributed by atoms with Gasteiger partial charge in [-0.15, -0.1) is 0 Å². The minimum absolute atomic E-state index is 0.0423. The molecule has 0 heterocycles. The molecule has 4 fully saturated rings. The Balaban J connectivity index is 1.64. The fourth-order valence-electron chi connectivity index (χ4n) is 7.55. The van der Waals surface area contributed by atoms with Crippen molar-refractivity contribution in [1.29, 1.82) is 0 Å². The molecule has 4 saturated carbocycles. The number of hydrogen-bond donors (Lipinski definition) is 0. The van der Waals surface area contributed by atoms with Gasteiger partial charge in [0.1, 0.15) is 5.78 Å². The van der Waals surface area contributed by atoms with Gasteiger partial charge in [0, 0.05) is 11.8 Å². The van der Waals surface area contributed by atoms with E-state index in [4.69, 9.17) is 0 Å². The molecule has 0 N–H and O–H groups in total. The molecular formula is C22H36O. The van der Waals surface area contributed by atoms with Gasteiger partial charge < -0.3 is 0 Å². The summed E-state index contributed by atoms with van der Waals surface area (Å²) in [5.74, 6) is 4.98. The van der Waals surface area contributed by atoms with Crippen molar-refractivity contribution in [3.05, 3.63) is 0 Å². The fourth-order valence-corrected chi connectivity index (χ4v) is 7.55. The number of fused-ring (bicyclic) bond motifs is 5. The Labute approximate surface area is 143 Å². The standard InChI is InChI=1S/C22H36O/c1-15-7-8-16-9-10-17-18-5-4-6-20(23)22(18,3)14-12-19(17)21(16,2)13-11-15/h15-19H,4-14H2,1-3H3. The first-order valence-corrected chi connectivity index (χ1v) is 10.5. The predicted octanol–water partition coefficient (Wildman–Crippen LogP) is 6.01. The van der Waals surface area contributed by atoms with E-state index in [0.29, 0.717) is 17.1 Å². The second-order valence-electron chi connectivity index (χ2n) is 10.1. The van der Waals surface area contributed by atoms with Gasteiger partial charge in [-0.1, -0.05) is 33.6 Å². The molecule has 1 nitrogen and oxygen atoms in total. The minimum atomic E-state index is 0.0423. The third kappa shape index (κ3) is 2.35. The van der Waals surface area contributed by atoms with Crippen LogP contribution in [0.4, 0.5) is 0 Å². The lowest BCUT2D eigenvalue weighted by atomic mass is 9.44. The minimum Gasteiger partial charge on any atom is -0.299 e. The van der Waals surface area contributed by atoms with Crippen LogP contribution in [0.15, 0.2) is 0 Å². The number of ketones is 1. The van der Waals surface area contributed by atoms with E-state index in [1.807, 2.05) is 0 Å². The molecule has 7 atom stereocenters. The Morgan fingerprint density at radius 3 is 2.48 bits per heavy atom. The highest BCUT2D eigenvalue weighted by Gasteiger charge is 2.58. The average molecular weight is 317 g/mol. The molecule has 0 saturated heterocycles. The molecule has 4 aliphatic rings. The summed E-state index contributed by atoms with van der Waals surface area (Å²) in [5.41, 5.74) is 0.621. The van der Waals surface area contributed by atoms with Crippen molar-refractivity contribution in [2.75, 3.05) is 0 Å². The number of rotatable bonds is 0. The van der Waals surface area contributed by atoms with E-state index >= 15 is 0 Å². The monoisotopic (exact) mass is 316 g/mol. The maximum Gasteiger partial charge on any atom is 0.139 e. The largest absolute Gasteiger partial charge is 0.299 e. The summed E-state index contributed by atoms with van der Waals surface area (Å²) in [4.78, 5) is 12.7. The van der Waals surface area contributed by atoms with Gasteiger partial charge >= 0.3 is 0 Å². The molecule has 0 aromatic heterocycles. The lowest BCUT2D eigenvalue weighted by Crippen LogP contribution is -2.55. The Kier molecular flexibility index (Phi) is 3.93. The van der Waals surface area contributed by atoms with Gasteiger partial charge in [0.2, 0.25) is 0 Å². The third-order valence-electron chi connectivity index (χ3n) is 9.19. The second kappa shape index (κ2) is 5.60. The van der Waals surface area contributed by atoms with Crippen molar-refractivity contribution in [2.45, 2.75) is 91.4 Å². The molecular weight excluding hydrogens is 280 g/mol. The van der Waals surface area contributed by atoms with Crippen LogP contribution in [-0.2, 0) is 4.79 Å². The van der Waals surface area contributed by atoms with Crippen LogP contribution in [0.5, 0.6) is 0 Å². The topological polar surface area (TPSA) is 17.1 Å². The molecule has 0 radical (unpaired) electrons. The molecule has 0 amide bonds. The van der Waals surface area contributed by atoms with Crippen molar-refractivity contribution in [1.82, 2.24) is 0 Å². The SMILES string of the molecule is CC1CCC2CCC3C4CCCC(=O)C4(C)CCC3C2(C)CC1. The van der Waals surface area contributed by atoms with Crippen molar-refractivity contribution in [3.63, 3.8) is 0 Å². The Morgan fingerprint density at radius 2 is 1.65 bits per heavy atom. The molecule has 0 spiro atoms. The highest BCUT2D eigenvalue weighted by atomic mass is 16.1. The van der Waals surface area contributed by atoms with Crippen LogP contribution >= 0.6 is 0 Å². The van der Waals surface area contributed by atoms with Gasteiger partial charge in [0.05, 0.1) is 0 Å². The zero-order chi connectivity index (χ0) is 16.2. The van der Waals surface area contributed by atoms with Gasteiger partial charge in [-0.3, -0.25) is 4.79 Å². The van der Waals surface area contributed by atoms with Gasteiger partial charge in [-0.05, 0) is 86.4 Å². The smallest absolute Gasteiger partial charge is 0.139 e. The van der Waals surface area contributed by atoms with Crippen LogP contribution in [0.2, 0.25) is 0 Å². The van der Waals surface area contributed by atoms with Crippen molar-refractivity contribution in [2.24, 2.45) is 40.4 Å². The number of hydrogen-bond acceptors (Lipinski definition) is 1. The molecule has 0 aromatic carbocycles. The summed E-state index contributed by atoms with van der Waals surface area (Å²) in [5, 5.41) is 0. The van der Waals surface area contributed by atoms with Crippen LogP contribution in [0, 0.1) is 40.4 Å². The predicted molar refractivity (Wildman–Crippen MR) is 95.1 cm³/mol. The maximum atomic E-state index is 12.7. The van der Waals surface area contributed by atoms with E-state index in [-0.39, 0.29) is 5.41 Å². The zero-order valence-electron chi connectivity index (χ0n) is 15.6. The third-order valence-corrected chi connectivity index (χ3v) is 9.19.